The van der Waals surface area contributed by atoms with E-state index in [1.54, 1.807) is 33.5 Å². The van der Waals surface area contributed by atoms with Crippen LogP contribution in [0.2, 0.25) is 0 Å². The lowest BCUT2D eigenvalue weighted by atomic mass is 10.1. The molecule has 4 aromatic rings. The number of hydrogen-bond acceptors (Lipinski definition) is 5. The number of carbonyl (C=O) groups excluding carboxylic acids is 1. The second-order valence-corrected chi connectivity index (χ2v) is 12.6. The molecule has 0 radical (unpaired) electrons. The van der Waals surface area contributed by atoms with E-state index in [1.807, 2.05) is 50.2 Å². The van der Waals surface area contributed by atoms with Crippen molar-refractivity contribution >= 4 is 42.6 Å². The molecule has 192 valence electrons. The first-order valence-corrected chi connectivity index (χ1v) is 14.9. The summed E-state index contributed by atoms with van der Waals surface area (Å²) in [7, 11) is -3.60. The Morgan fingerprint density at radius 2 is 1.70 bits per heavy atom. The Labute approximate surface area is 222 Å². The molecule has 2 heterocycles. The van der Waals surface area contributed by atoms with Crippen molar-refractivity contribution in [3.63, 3.8) is 0 Å². The first-order valence-electron chi connectivity index (χ1n) is 12.6. The highest BCUT2D eigenvalue weighted by atomic mass is 32.2. The van der Waals surface area contributed by atoms with E-state index in [1.165, 1.54) is 11.3 Å². The van der Waals surface area contributed by atoms with Gasteiger partial charge in [0, 0.05) is 18.2 Å². The third-order valence-corrected chi connectivity index (χ3v) is 10.3. The highest BCUT2D eigenvalue weighted by Crippen LogP contribution is 2.34. The van der Waals surface area contributed by atoms with Crippen LogP contribution in [-0.2, 0) is 16.6 Å². The van der Waals surface area contributed by atoms with Crippen LogP contribution in [0, 0.1) is 13.8 Å². The molecular weight excluding hydrogens is 502 g/mol. The smallest absolute Gasteiger partial charge is 0.260 e. The molecule has 1 unspecified atom stereocenters. The van der Waals surface area contributed by atoms with Gasteiger partial charge in [0.1, 0.15) is 0 Å². The first-order chi connectivity index (χ1) is 17.8. The summed E-state index contributed by atoms with van der Waals surface area (Å²) in [6.07, 6.45) is 2.78. The number of aryl methyl sites for hydroxylation is 2. The monoisotopic (exact) mass is 533 g/mol. The van der Waals surface area contributed by atoms with Crippen molar-refractivity contribution in [2.45, 2.75) is 57.5 Å². The first kappa shape index (κ1) is 25.6. The number of anilines is 1. The number of piperidine rings is 1. The molecule has 0 aliphatic carbocycles. The highest BCUT2D eigenvalue weighted by Gasteiger charge is 2.31. The van der Waals surface area contributed by atoms with Crippen molar-refractivity contribution in [2.75, 3.05) is 11.4 Å². The van der Waals surface area contributed by atoms with Crippen LogP contribution in [0.15, 0.2) is 71.6 Å². The third-order valence-electron chi connectivity index (χ3n) is 7.04. The van der Waals surface area contributed by atoms with Gasteiger partial charge in [0.05, 0.1) is 21.7 Å². The van der Waals surface area contributed by atoms with Gasteiger partial charge < -0.3 is 0 Å². The molecule has 1 aromatic heterocycles. The lowest BCUT2D eigenvalue weighted by molar-refractivity contribution is 0.0985. The number of nitrogens with zero attached hydrogens (tertiary/aromatic N) is 3. The summed E-state index contributed by atoms with van der Waals surface area (Å²) >= 11 is 1.51. The number of thiazole rings is 1. The maximum atomic E-state index is 13.8. The van der Waals surface area contributed by atoms with Crippen molar-refractivity contribution in [2.24, 2.45) is 0 Å². The number of aromatic nitrogens is 1. The van der Waals surface area contributed by atoms with E-state index in [0.29, 0.717) is 23.8 Å². The number of sulfonamides is 1. The fourth-order valence-corrected chi connectivity index (χ4v) is 7.65. The minimum atomic E-state index is -3.60. The third kappa shape index (κ3) is 5.06. The minimum absolute atomic E-state index is 0.0210. The van der Waals surface area contributed by atoms with Gasteiger partial charge in [0.25, 0.3) is 5.91 Å². The van der Waals surface area contributed by atoms with E-state index in [-0.39, 0.29) is 16.8 Å². The Morgan fingerprint density at radius 3 is 2.38 bits per heavy atom. The molecular formula is C29H31N3O3S2. The van der Waals surface area contributed by atoms with Gasteiger partial charge in [-0.25, -0.2) is 13.4 Å². The van der Waals surface area contributed by atoms with Crippen LogP contribution in [0.1, 0.15) is 53.2 Å². The highest BCUT2D eigenvalue weighted by molar-refractivity contribution is 7.89. The summed E-state index contributed by atoms with van der Waals surface area (Å²) in [4.78, 5) is 20.6. The predicted molar refractivity (Wildman–Crippen MR) is 150 cm³/mol. The normalized spacial score (nSPS) is 16.7. The maximum absolute atomic E-state index is 13.8. The molecule has 1 amide bonds. The van der Waals surface area contributed by atoms with E-state index >= 15 is 0 Å². The van der Waals surface area contributed by atoms with Crippen LogP contribution < -0.4 is 4.90 Å². The summed E-state index contributed by atoms with van der Waals surface area (Å²) < 4.78 is 29.2. The molecule has 6 nitrogen and oxygen atoms in total. The fourth-order valence-electron chi connectivity index (χ4n) is 4.85. The molecule has 1 fully saturated rings. The van der Waals surface area contributed by atoms with Crippen LogP contribution in [0.3, 0.4) is 0 Å². The van der Waals surface area contributed by atoms with Crippen molar-refractivity contribution < 1.29 is 13.2 Å². The standard InChI is InChI=1S/C29H31N3O3S2/c1-20-12-13-21(2)27-26(20)30-29(36-27)31(19-23-10-5-4-6-11-23)28(33)24-14-16-25(17-15-24)37(34,35)32-18-8-7-9-22(32)3/h4-6,10-17,22H,7-9,18-19H2,1-3H3. The Hall–Kier alpha value is -3.07. The summed E-state index contributed by atoms with van der Waals surface area (Å²) in [5.74, 6) is -0.214. The largest absolute Gasteiger partial charge is 0.279 e. The summed E-state index contributed by atoms with van der Waals surface area (Å²) in [5.41, 5.74) is 4.51. The summed E-state index contributed by atoms with van der Waals surface area (Å²) in [6.45, 7) is 6.93. The molecule has 8 heteroatoms. The van der Waals surface area contributed by atoms with E-state index in [0.717, 1.165) is 46.2 Å². The zero-order valence-electron chi connectivity index (χ0n) is 21.3. The SMILES string of the molecule is Cc1ccc(C)c2sc(N(Cc3ccccc3)C(=O)c3ccc(S(=O)(=O)N4CCCCC4C)cc3)nc12. The van der Waals surface area contributed by atoms with Gasteiger partial charge in [0.2, 0.25) is 10.0 Å². The summed E-state index contributed by atoms with van der Waals surface area (Å²) in [6, 6.07) is 20.3. The Morgan fingerprint density at radius 1 is 1.00 bits per heavy atom. The van der Waals surface area contributed by atoms with Crippen LogP contribution in [-0.4, -0.2) is 36.2 Å². The Kier molecular flexibility index (Phi) is 7.16. The number of hydrogen-bond donors (Lipinski definition) is 0. The zero-order chi connectivity index (χ0) is 26.2. The van der Waals surface area contributed by atoms with Crippen LogP contribution in [0.4, 0.5) is 5.13 Å². The number of amides is 1. The summed E-state index contributed by atoms with van der Waals surface area (Å²) in [5, 5.41) is 0.625. The van der Waals surface area contributed by atoms with Crippen molar-refractivity contribution in [1.82, 2.24) is 9.29 Å². The second kappa shape index (κ2) is 10.4. The van der Waals surface area contributed by atoms with E-state index in [4.69, 9.17) is 4.98 Å². The number of benzene rings is 3. The van der Waals surface area contributed by atoms with Crippen molar-refractivity contribution in [3.8, 4) is 0 Å². The Balaban J connectivity index is 1.49. The van der Waals surface area contributed by atoms with Crippen molar-refractivity contribution in [3.05, 3.63) is 89.0 Å². The molecule has 3 aromatic carbocycles. The number of carbonyl (C=O) groups is 1. The topological polar surface area (TPSA) is 70.6 Å². The molecule has 0 N–H and O–H groups in total. The lowest BCUT2D eigenvalue weighted by Gasteiger charge is -2.32. The second-order valence-electron chi connectivity index (χ2n) is 9.74. The van der Waals surface area contributed by atoms with Gasteiger partial charge in [-0.1, -0.05) is 60.2 Å². The lowest BCUT2D eigenvalue weighted by Crippen LogP contribution is -2.41. The van der Waals surface area contributed by atoms with Crippen LogP contribution in [0.5, 0.6) is 0 Å². The molecule has 0 spiro atoms. The average Bonchev–Trinajstić information content (AvgIpc) is 3.37. The molecule has 0 saturated carbocycles. The molecule has 37 heavy (non-hydrogen) atoms. The van der Waals surface area contributed by atoms with Crippen LogP contribution in [0.25, 0.3) is 10.2 Å². The zero-order valence-corrected chi connectivity index (χ0v) is 23.0. The van der Waals surface area contributed by atoms with Gasteiger partial charge in [-0.05, 0) is 74.6 Å². The predicted octanol–water partition coefficient (Wildman–Crippen LogP) is 6.32. The quantitative estimate of drug-likeness (QED) is 0.291. The van der Waals surface area contributed by atoms with Gasteiger partial charge in [-0.2, -0.15) is 4.31 Å². The maximum Gasteiger partial charge on any atom is 0.260 e. The molecule has 1 atom stereocenters. The number of rotatable bonds is 6. The average molecular weight is 534 g/mol. The van der Waals surface area contributed by atoms with Gasteiger partial charge in [-0.15, -0.1) is 0 Å². The molecule has 1 aliphatic heterocycles. The Bertz CT molecular complexity index is 1490. The molecule has 1 saturated heterocycles. The molecule has 0 bridgehead atoms. The van der Waals surface area contributed by atoms with Gasteiger partial charge in [0.15, 0.2) is 5.13 Å². The van der Waals surface area contributed by atoms with Crippen LogP contribution >= 0.6 is 11.3 Å². The minimum Gasteiger partial charge on any atom is -0.279 e. The fraction of sp³-hybridized carbons (Fsp3) is 0.310. The van der Waals surface area contributed by atoms with E-state index in [2.05, 4.69) is 13.0 Å². The van der Waals surface area contributed by atoms with Gasteiger partial charge >= 0.3 is 0 Å². The molecule has 1 aliphatic rings. The van der Waals surface area contributed by atoms with Crippen molar-refractivity contribution in [1.29, 1.82) is 0 Å². The van der Waals surface area contributed by atoms with E-state index < -0.39 is 10.0 Å². The van der Waals surface area contributed by atoms with E-state index in [9.17, 15) is 13.2 Å². The number of fused-ring (bicyclic) bond motifs is 1. The molecule has 5 rings (SSSR count). The van der Waals surface area contributed by atoms with Gasteiger partial charge in [-0.3, -0.25) is 9.69 Å².